The van der Waals surface area contributed by atoms with Crippen LogP contribution in [0.1, 0.15) is 26.7 Å². The zero-order valence-electron chi connectivity index (χ0n) is 13.4. The predicted octanol–water partition coefficient (Wildman–Crippen LogP) is 3.70. The standard InChI is InChI=1S/C20H20O2Se/c1-20(2)13-17(21)19(23-16-11-7-4-8-12-16)18(14-20)22-15-9-5-3-6-10-15/h3-12H,13-14H2,1-2H3. The Morgan fingerprint density at radius 2 is 1.52 bits per heavy atom. The van der Waals surface area contributed by atoms with Gasteiger partial charge in [0.2, 0.25) is 0 Å². The van der Waals surface area contributed by atoms with E-state index in [0.29, 0.717) is 6.42 Å². The first-order valence-electron chi connectivity index (χ1n) is 7.76. The van der Waals surface area contributed by atoms with Crippen LogP contribution in [-0.4, -0.2) is 20.7 Å². The molecule has 0 amide bonds. The summed E-state index contributed by atoms with van der Waals surface area (Å²) < 4.78 is 8.21. The third-order valence-electron chi connectivity index (χ3n) is 3.73. The van der Waals surface area contributed by atoms with Gasteiger partial charge in [-0.25, -0.2) is 0 Å². The van der Waals surface area contributed by atoms with Crippen molar-refractivity contribution in [2.75, 3.05) is 0 Å². The fourth-order valence-corrected chi connectivity index (χ4v) is 4.66. The van der Waals surface area contributed by atoms with Gasteiger partial charge >= 0.3 is 143 Å². The Morgan fingerprint density at radius 1 is 0.913 bits per heavy atom. The van der Waals surface area contributed by atoms with E-state index < -0.39 is 0 Å². The van der Waals surface area contributed by atoms with E-state index in [-0.39, 0.29) is 26.2 Å². The van der Waals surface area contributed by atoms with E-state index in [1.807, 2.05) is 48.5 Å². The summed E-state index contributed by atoms with van der Waals surface area (Å²) in [5.41, 5.74) is -0.0442. The fourth-order valence-electron chi connectivity index (χ4n) is 2.68. The molecule has 0 N–H and O–H groups in total. The normalized spacial score (nSPS) is 17.2. The maximum atomic E-state index is 12.7. The number of para-hydroxylation sites is 1. The number of benzene rings is 2. The molecular formula is C20H20O2Se. The van der Waals surface area contributed by atoms with Gasteiger partial charge in [-0.3, -0.25) is 0 Å². The van der Waals surface area contributed by atoms with Crippen molar-refractivity contribution in [1.82, 2.24) is 0 Å². The molecule has 0 radical (unpaired) electrons. The Labute approximate surface area is 143 Å². The van der Waals surface area contributed by atoms with E-state index in [4.69, 9.17) is 4.74 Å². The van der Waals surface area contributed by atoms with Gasteiger partial charge in [0, 0.05) is 0 Å². The second-order valence-electron chi connectivity index (χ2n) is 6.52. The molecule has 118 valence electrons. The van der Waals surface area contributed by atoms with Gasteiger partial charge in [0.05, 0.1) is 0 Å². The number of carbonyl (C=O) groups is 1. The number of carbonyl (C=O) groups excluding carboxylic acids is 1. The second kappa shape index (κ2) is 6.74. The molecule has 0 heterocycles. The van der Waals surface area contributed by atoms with Gasteiger partial charge in [-0.2, -0.15) is 0 Å². The summed E-state index contributed by atoms with van der Waals surface area (Å²) in [6.45, 7) is 4.26. The quantitative estimate of drug-likeness (QED) is 0.767. The number of hydrogen-bond donors (Lipinski definition) is 0. The first-order valence-corrected chi connectivity index (χ1v) is 9.47. The molecule has 2 nitrogen and oxygen atoms in total. The van der Waals surface area contributed by atoms with Crippen LogP contribution >= 0.6 is 0 Å². The topological polar surface area (TPSA) is 26.3 Å². The first-order chi connectivity index (χ1) is 11.0. The minimum atomic E-state index is -0.0442. The second-order valence-corrected chi connectivity index (χ2v) is 8.80. The van der Waals surface area contributed by atoms with Gasteiger partial charge in [-0.15, -0.1) is 0 Å². The zero-order valence-corrected chi connectivity index (χ0v) is 15.1. The Bertz CT molecular complexity index is 718. The van der Waals surface area contributed by atoms with Crippen molar-refractivity contribution in [3.8, 4) is 5.75 Å². The fraction of sp³-hybridized carbons (Fsp3) is 0.250. The summed E-state index contributed by atoms with van der Waals surface area (Å²) in [5.74, 6) is 1.88. The summed E-state index contributed by atoms with van der Waals surface area (Å²) in [6, 6.07) is 20.0. The Hall–Kier alpha value is -1.83. The molecule has 2 aromatic rings. The number of allylic oxidation sites excluding steroid dienone is 2. The molecule has 1 aliphatic carbocycles. The monoisotopic (exact) mass is 372 g/mol. The van der Waals surface area contributed by atoms with Crippen molar-refractivity contribution >= 4 is 25.2 Å². The van der Waals surface area contributed by atoms with Crippen LogP contribution in [0.5, 0.6) is 5.75 Å². The Morgan fingerprint density at radius 3 is 2.17 bits per heavy atom. The average molecular weight is 371 g/mol. The number of hydrogen-bond acceptors (Lipinski definition) is 2. The number of rotatable bonds is 4. The van der Waals surface area contributed by atoms with Crippen molar-refractivity contribution < 1.29 is 9.53 Å². The third kappa shape index (κ3) is 4.13. The number of ether oxygens (including phenoxy) is 1. The molecule has 0 spiro atoms. The molecule has 2 aromatic carbocycles. The van der Waals surface area contributed by atoms with Crippen LogP contribution in [0.3, 0.4) is 0 Å². The van der Waals surface area contributed by atoms with Gasteiger partial charge in [-0.05, 0) is 0 Å². The van der Waals surface area contributed by atoms with Crippen LogP contribution < -0.4 is 9.20 Å². The SMILES string of the molecule is CC1(C)CC(=O)C([Se]c2ccccc2)=C(Oc2ccccc2)C1. The van der Waals surface area contributed by atoms with Crippen LogP contribution in [0.4, 0.5) is 0 Å². The van der Waals surface area contributed by atoms with Crippen molar-refractivity contribution in [3.05, 3.63) is 70.9 Å². The molecule has 0 aromatic heterocycles. The van der Waals surface area contributed by atoms with E-state index in [1.54, 1.807) is 0 Å². The summed E-state index contributed by atoms with van der Waals surface area (Å²) in [6.07, 6.45) is 1.40. The van der Waals surface area contributed by atoms with Crippen molar-refractivity contribution in [2.24, 2.45) is 5.41 Å². The molecule has 3 heteroatoms. The van der Waals surface area contributed by atoms with Crippen molar-refractivity contribution in [3.63, 3.8) is 0 Å². The van der Waals surface area contributed by atoms with E-state index in [9.17, 15) is 4.79 Å². The molecule has 0 bridgehead atoms. The molecule has 23 heavy (non-hydrogen) atoms. The molecule has 0 fully saturated rings. The zero-order chi connectivity index (χ0) is 16.3. The molecular weight excluding hydrogens is 351 g/mol. The van der Waals surface area contributed by atoms with Crippen LogP contribution in [-0.2, 0) is 4.79 Å². The molecule has 0 saturated carbocycles. The average Bonchev–Trinajstić information content (AvgIpc) is 2.52. The molecule has 3 rings (SSSR count). The van der Waals surface area contributed by atoms with E-state index in [0.717, 1.165) is 22.4 Å². The minimum absolute atomic E-state index is 0.0149. The molecule has 0 unspecified atom stereocenters. The molecule has 1 aliphatic rings. The van der Waals surface area contributed by atoms with Crippen LogP contribution in [0.2, 0.25) is 0 Å². The van der Waals surface area contributed by atoms with E-state index in [2.05, 4.69) is 26.0 Å². The predicted molar refractivity (Wildman–Crippen MR) is 93.9 cm³/mol. The third-order valence-corrected chi connectivity index (χ3v) is 6.18. The van der Waals surface area contributed by atoms with Crippen LogP contribution in [0, 0.1) is 5.41 Å². The van der Waals surface area contributed by atoms with Crippen molar-refractivity contribution in [1.29, 1.82) is 0 Å². The van der Waals surface area contributed by atoms with E-state index >= 15 is 0 Å². The Kier molecular flexibility index (Phi) is 4.70. The summed E-state index contributed by atoms with van der Waals surface area (Å²) in [4.78, 5) is 12.7. The first kappa shape index (κ1) is 16.0. The van der Waals surface area contributed by atoms with Gasteiger partial charge in [0.25, 0.3) is 0 Å². The van der Waals surface area contributed by atoms with Crippen LogP contribution in [0.15, 0.2) is 70.9 Å². The molecule has 0 aliphatic heterocycles. The van der Waals surface area contributed by atoms with E-state index in [1.165, 1.54) is 4.46 Å². The van der Waals surface area contributed by atoms with Crippen molar-refractivity contribution in [2.45, 2.75) is 26.7 Å². The molecule has 0 atom stereocenters. The maximum absolute atomic E-state index is 12.7. The number of Topliss-reactive ketones (excluding diaryl/α,β-unsaturated/α-hetero) is 1. The Balaban J connectivity index is 1.95. The van der Waals surface area contributed by atoms with Gasteiger partial charge in [-0.1, -0.05) is 0 Å². The van der Waals surface area contributed by atoms with Crippen LogP contribution in [0.25, 0.3) is 0 Å². The van der Waals surface area contributed by atoms with Gasteiger partial charge < -0.3 is 0 Å². The molecule has 0 saturated heterocycles. The summed E-state index contributed by atoms with van der Waals surface area (Å²) >= 11 is -0.0149. The van der Waals surface area contributed by atoms with Gasteiger partial charge in [0.15, 0.2) is 0 Å². The summed E-state index contributed by atoms with van der Waals surface area (Å²) in [5, 5.41) is 0. The number of ketones is 1. The summed E-state index contributed by atoms with van der Waals surface area (Å²) in [7, 11) is 0. The van der Waals surface area contributed by atoms with Gasteiger partial charge in [0.1, 0.15) is 0 Å².